The summed E-state index contributed by atoms with van der Waals surface area (Å²) in [5.74, 6) is 0.658. The van der Waals surface area contributed by atoms with Gasteiger partial charge < -0.3 is 4.74 Å². The van der Waals surface area contributed by atoms with Gasteiger partial charge in [-0.3, -0.25) is 0 Å². The van der Waals surface area contributed by atoms with Crippen molar-refractivity contribution in [2.75, 3.05) is 0 Å². The Morgan fingerprint density at radius 3 is 2.38 bits per heavy atom. The molecule has 0 bridgehead atoms. The van der Waals surface area contributed by atoms with Crippen LogP contribution >= 0.6 is 11.6 Å². The molecule has 0 N–H and O–H groups in total. The minimum absolute atomic E-state index is 0.267. The molecular weight excluding hydrogens is 236 g/mol. The summed E-state index contributed by atoms with van der Waals surface area (Å²) in [5, 5.41) is 2.53. The van der Waals surface area contributed by atoms with Crippen LogP contribution in [0, 0.1) is 5.92 Å². The Morgan fingerprint density at radius 1 is 1.38 bits per heavy atom. The standard InChI is InChI=1S/C13H25ClOSi/c1-9(2)7-12-13(16(4,5)6)11(14)8-10(3)15-12/h9-10,12H,7-8H2,1-6H3/t10-,12-/m0/s1. The molecule has 1 aliphatic heterocycles. The molecule has 0 aromatic heterocycles. The number of ether oxygens (including phenoxy) is 1. The second-order valence-corrected chi connectivity index (χ2v) is 11.8. The fourth-order valence-corrected chi connectivity index (χ4v) is 5.68. The van der Waals surface area contributed by atoms with Crippen molar-refractivity contribution in [1.82, 2.24) is 0 Å². The van der Waals surface area contributed by atoms with Crippen LogP contribution in [0.25, 0.3) is 0 Å². The van der Waals surface area contributed by atoms with Gasteiger partial charge >= 0.3 is 0 Å². The molecule has 1 heterocycles. The Kier molecular flexibility index (Phi) is 4.67. The molecule has 94 valence electrons. The molecule has 3 heteroatoms. The third kappa shape index (κ3) is 3.61. The Balaban J connectivity index is 2.99. The van der Waals surface area contributed by atoms with Crippen LogP contribution in [-0.2, 0) is 4.74 Å². The van der Waals surface area contributed by atoms with E-state index in [9.17, 15) is 0 Å². The molecule has 0 saturated carbocycles. The van der Waals surface area contributed by atoms with Crippen molar-refractivity contribution in [3.8, 4) is 0 Å². The van der Waals surface area contributed by atoms with Crippen LogP contribution in [0.15, 0.2) is 10.2 Å². The zero-order valence-electron chi connectivity index (χ0n) is 11.4. The van der Waals surface area contributed by atoms with Crippen molar-refractivity contribution >= 4 is 19.7 Å². The fraction of sp³-hybridized carbons (Fsp3) is 0.846. The smallest absolute Gasteiger partial charge is 0.0773 e. The Labute approximate surface area is 106 Å². The quantitative estimate of drug-likeness (QED) is 0.675. The summed E-state index contributed by atoms with van der Waals surface area (Å²) in [6, 6.07) is 0. The lowest BCUT2D eigenvalue weighted by molar-refractivity contribution is 0.00258. The van der Waals surface area contributed by atoms with Crippen molar-refractivity contribution in [2.24, 2.45) is 5.92 Å². The lowest BCUT2D eigenvalue weighted by Gasteiger charge is -2.37. The molecule has 0 aliphatic carbocycles. The number of halogens is 1. The van der Waals surface area contributed by atoms with Crippen molar-refractivity contribution in [2.45, 2.75) is 65.5 Å². The Morgan fingerprint density at radius 2 is 1.94 bits per heavy atom. The topological polar surface area (TPSA) is 9.23 Å². The maximum atomic E-state index is 6.47. The average molecular weight is 261 g/mol. The SMILES string of the molecule is CC(C)C[C@@H]1O[C@@H](C)CC(Cl)=C1[Si](C)(C)C. The van der Waals surface area contributed by atoms with Gasteiger partial charge in [-0.25, -0.2) is 0 Å². The van der Waals surface area contributed by atoms with E-state index in [1.54, 1.807) is 0 Å². The van der Waals surface area contributed by atoms with Gasteiger partial charge in [0, 0.05) is 11.5 Å². The van der Waals surface area contributed by atoms with Gasteiger partial charge in [0.1, 0.15) is 0 Å². The third-order valence-corrected chi connectivity index (χ3v) is 5.73. The maximum absolute atomic E-state index is 6.47. The van der Waals surface area contributed by atoms with E-state index in [-0.39, 0.29) is 12.2 Å². The molecule has 0 fully saturated rings. The largest absolute Gasteiger partial charge is 0.371 e. The Hall–Kier alpha value is 0.207. The van der Waals surface area contributed by atoms with Crippen LogP contribution < -0.4 is 0 Å². The van der Waals surface area contributed by atoms with E-state index in [0.717, 1.165) is 17.9 Å². The van der Waals surface area contributed by atoms with E-state index in [0.29, 0.717) is 5.92 Å². The predicted octanol–water partition coefficient (Wildman–Crippen LogP) is 4.58. The van der Waals surface area contributed by atoms with Crippen LogP contribution in [0.4, 0.5) is 0 Å². The minimum Gasteiger partial charge on any atom is -0.371 e. The summed E-state index contributed by atoms with van der Waals surface area (Å²) >= 11 is 6.47. The van der Waals surface area contributed by atoms with Gasteiger partial charge in [-0.1, -0.05) is 45.1 Å². The Bertz CT molecular complexity index is 278. The van der Waals surface area contributed by atoms with Crippen LogP contribution in [0.1, 0.15) is 33.6 Å². The highest BCUT2D eigenvalue weighted by molar-refractivity contribution is 6.84. The monoisotopic (exact) mass is 260 g/mol. The van der Waals surface area contributed by atoms with Gasteiger partial charge in [0.25, 0.3) is 0 Å². The molecule has 0 radical (unpaired) electrons. The van der Waals surface area contributed by atoms with Crippen LogP contribution in [0.3, 0.4) is 0 Å². The molecule has 0 unspecified atom stereocenters. The molecule has 16 heavy (non-hydrogen) atoms. The number of hydrogen-bond acceptors (Lipinski definition) is 1. The highest BCUT2D eigenvalue weighted by Crippen LogP contribution is 2.36. The molecule has 0 saturated heterocycles. The van der Waals surface area contributed by atoms with Crippen molar-refractivity contribution in [3.05, 3.63) is 10.2 Å². The number of hydrogen-bond donors (Lipinski definition) is 0. The lowest BCUT2D eigenvalue weighted by atomic mass is 10.0. The van der Waals surface area contributed by atoms with Gasteiger partial charge in [0.05, 0.1) is 20.3 Å². The highest BCUT2D eigenvalue weighted by Gasteiger charge is 2.35. The van der Waals surface area contributed by atoms with Crippen molar-refractivity contribution in [3.63, 3.8) is 0 Å². The van der Waals surface area contributed by atoms with E-state index in [1.165, 1.54) is 5.20 Å². The summed E-state index contributed by atoms with van der Waals surface area (Å²) in [5.41, 5.74) is 0. The van der Waals surface area contributed by atoms with Crippen molar-refractivity contribution < 1.29 is 4.74 Å². The predicted molar refractivity (Wildman–Crippen MR) is 74.6 cm³/mol. The lowest BCUT2D eigenvalue weighted by Crippen LogP contribution is -2.40. The summed E-state index contributed by atoms with van der Waals surface area (Å²) < 4.78 is 6.10. The molecule has 0 aromatic carbocycles. The number of rotatable bonds is 3. The third-order valence-electron chi connectivity index (χ3n) is 2.97. The van der Waals surface area contributed by atoms with Crippen LogP contribution in [0.5, 0.6) is 0 Å². The van der Waals surface area contributed by atoms with Gasteiger partial charge in [-0.05, 0) is 24.5 Å². The summed E-state index contributed by atoms with van der Waals surface area (Å²) in [7, 11) is -1.36. The summed E-state index contributed by atoms with van der Waals surface area (Å²) in [4.78, 5) is 0. The van der Waals surface area contributed by atoms with Gasteiger partial charge in [0.15, 0.2) is 0 Å². The normalized spacial score (nSPS) is 27.8. The van der Waals surface area contributed by atoms with E-state index >= 15 is 0 Å². The molecular formula is C13H25ClOSi. The first-order valence-corrected chi connectivity index (χ1v) is 10.1. The second kappa shape index (κ2) is 5.24. The minimum atomic E-state index is -1.36. The molecule has 0 aromatic rings. The zero-order valence-corrected chi connectivity index (χ0v) is 13.2. The van der Waals surface area contributed by atoms with E-state index in [1.807, 2.05) is 0 Å². The first-order valence-electron chi connectivity index (χ1n) is 6.26. The first-order chi connectivity index (χ1) is 7.21. The fourth-order valence-electron chi connectivity index (χ4n) is 2.43. The van der Waals surface area contributed by atoms with E-state index in [4.69, 9.17) is 16.3 Å². The second-order valence-electron chi connectivity index (χ2n) is 6.34. The van der Waals surface area contributed by atoms with Gasteiger partial charge in [0.2, 0.25) is 0 Å². The maximum Gasteiger partial charge on any atom is 0.0773 e. The first kappa shape index (κ1) is 14.3. The van der Waals surface area contributed by atoms with Crippen LogP contribution in [0.2, 0.25) is 19.6 Å². The van der Waals surface area contributed by atoms with Gasteiger partial charge in [-0.15, -0.1) is 0 Å². The summed E-state index contributed by atoms with van der Waals surface area (Å²) in [6.07, 6.45) is 2.54. The molecule has 1 nitrogen and oxygen atoms in total. The molecule has 0 spiro atoms. The van der Waals surface area contributed by atoms with E-state index < -0.39 is 8.07 Å². The van der Waals surface area contributed by atoms with E-state index in [2.05, 4.69) is 40.4 Å². The zero-order chi connectivity index (χ0) is 12.5. The van der Waals surface area contributed by atoms with Gasteiger partial charge in [-0.2, -0.15) is 0 Å². The molecule has 0 amide bonds. The highest BCUT2D eigenvalue weighted by atomic mass is 35.5. The molecule has 1 aliphatic rings. The molecule has 2 atom stereocenters. The van der Waals surface area contributed by atoms with Crippen molar-refractivity contribution in [1.29, 1.82) is 0 Å². The molecule has 1 rings (SSSR count). The van der Waals surface area contributed by atoms with Crippen LogP contribution in [-0.4, -0.2) is 20.3 Å². The summed E-state index contributed by atoms with van der Waals surface area (Å²) in [6.45, 7) is 13.7. The average Bonchev–Trinajstić information content (AvgIpc) is 1.96.